The number of aromatic nitrogens is 1. The molecular formula is C22H24N2O3. The highest BCUT2D eigenvalue weighted by Gasteiger charge is 2.21. The summed E-state index contributed by atoms with van der Waals surface area (Å²) in [6.07, 6.45) is 3.66. The maximum absolute atomic E-state index is 13.2. The number of fused-ring (bicyclic) bond motifs is 1. The minimum atomic E-state index is -0.185. The van der Waals surface area contributed by atoms with Crippen molar-refractivity contribution in [3.05, 3.63) is 71.0 Å². The van der Waals surface area contributed by atoms with Crippen molar-refractivity contribution in [1.29, 1.82) is 0 Å². The molecule has 27 heavy (non-hydrogen) atoms. The number of hydrogen-bond donors (Lipinski definition) is 1. The number of ketones is 1. The van der Waals surface area contributed by atoms with E-state index in [1.54, 1.807) is 31.2 Å². The summed E-state index contributed by atoms with van der Waals surface area (Å²) in [6.45, 7) is 4.16. The Balaban J connectivity index is 1.96. The number of benzene rings is 1. The van der Waals surface area contributed by atoms with Gasteiger partial charge in [0.15, 0.2) is 0 Å². The first-order chi connectivity index (χ1) is 13.0. The van der Waals surface area contributed by atoms with Crippen LogP contribution in [0.3, 0.4) is 0 Å². The van der Waals surface area contributed by atoms with Crippen molar-refractivity contribution in [2.75, 3.05) is 12.3 Å². The van der Waals surface area contributed by atoms with Gasteiger partial charge in [-0.05, 0) is 62.1 Å². The van der Waals surface area contributed by atoms with Crippen LogP contribution < -0.4 is 5.73 Å². The summed E-state index contributed by atoms with van der Waals surface area (Å²) in [6, 6.07) is 12.9. The van der Waals surface area contributed by atoms with Crippen LogP contribution in [0.4, 0.5) is 5.69 Å². The molecule has 0 aliphatic heterocycles. The van der Waals surface area contributed by atoms with E-state index in [-0.39, 0.29) is 11.8 Å². The van der Waals surface area contributed by atoms with Gasteiger partial charge in [0.25, 0.3) is 0 Å². The third-order valence-corrected chi connectivity index (χ3v) is 4.69. The van der Waals surface area contributed by atoms with Gasteiger partial charge >= 0.3 is 5.97 Å². The highest BCUT2D eigenvalue weighted by Crippen LogP contribution is 2.27. The van der Waals surface area contributed by atoms with Gasteiger partial charge in [-0.1, -0.05) is 18.2 Å². The van der Waals surface area contributed by atoms with Crippen LogP contribution in [-0.4, -0.2) is 22.8 Å². The first-order valence-electron chi connectivity index (χ1n) is 9.17. The molecule has 0 saturated heterocycles. The first-order valence-corrected chi connectivity index (χ1v) is 9.17. The number of nitrogens with two attached hydrogens (primary N) is 1. The lowest BCUT2D eigenvalue weighted by atomic mass is 10.0. The van der Waals surface area contributed by atoms with Crippen LogP contribution >= 0.6 is 0 Å². The van der Waals surface area contributed by atoms with E-state index in [0.29, 0.717) is 42.8 Å². The highest BCUT2D eigenvalue weighted by molar-refractivity contribution is 6.10. The van der Waals surface area contributed by atoms with Crippen LogP contribution in [0.1, 0.15) is 46.9 Å². The van der Waals surface area contributed by atoms with Gasteiger partial charge in [0.1, 0.15) is 0 Å². The maximum Gasteiger partial charge on any atom is 0.305 e. The number of anilines is 1. The van der Waals surface area contributed by atoms with Gasteiger partial charge in [0.2, 0.25) is 5.78 Å². The predicted octanol–water partition coefficient (Wildman–Crippen LogP) is 3.95. The van der Waals surface area contributed by atoms with Crippen LogP contribution in [0.5, 0.6) is 0 Å². The third-order valence-electron chi connectivity index (χ3n) is 4.69. The van der Waals surface area contributed by atoms with Crippen molar-refractivity contribution in [3.63, 3.8) is 0 Å². The van der Waals surface area contributed by atoms with Crippen molar-refractivity contribution >= 4 is 23.0 Å². The molecule has 2 heterocycles. The summed E-state index contributed by atoms with van der Waals surface area (Å²) in [5.41, 5.74) is 10.6. The lowest BCUT2D eigenvalue weighted by Crippen LogP contribution is -2.07. The Morgan fingerprint density at radius 3 is 2.70 bits per heavy atom. The lowest BCUT2D eigenvalue weighted by Gasteiger charge is -2.05. The monoisotopic (exact) mass is 364 g/mol. The number of carbonyl (C=O) groups excluding carboxylic acids is 2. The molecule has 0 fully saturated rings. The minimum absolute atomic E-state index is 0.0577. The quantitative estimate of drug-likeness (QED) is 0.391. The number of nitrogen functional groups attached to an aromatic ring is 1. The number of esters is 1. The number of carbonyl (C=O) groups is 2. The summed E-state index contributed by atoms with van der Waals surface area (Å²) in [5, 5.41) is 0. The van der Waals surface area contributed by atoms with Gasteiger partial charge in [-0.3, -0.25) is 9.59 Å². The molecule has 5 nitrogen and oxygen atoms in total. The Hall–Kier alpha value is -3.08. The number of ether oxygens (including phenoxy) is 1. The fraction of sp³-hybridized carbons (Fsp3) is 0.273. The van der Waals surface area contributed by atoms with E-state index in [9.17, 15) is 9.59 Å². The standard InChI is InChI=1S/C22H24N2O3/c1-3-27-20(25)12-7-10-18-15(2)21(24-13-5-4-11-19(18)24)22(26)16-8-6-9-17(23)14-16/h4-6,8-9,11,13-14H,3,7,10,12,23H2,1-2H3. The molecule has 5 heteroatoms. The van der Waals surface area contributed by atoms with E-state index in [1.807, 2.05) is 35.7 Å². The van der Waals surface area contributed by atoms with Crippen LogP contribution in [0, 0.1) is 6.92 Å². The van der Waals surface area contributed by atoms with Crippen molar-refractivity contribution in [2.45, 2.75) is 33.1 Å². The van der Waals surface area contributed by atoms with Gasteiger partial charge in [0, 0.05) is 29.4 Å². The number of rotatable bonds is 7. The fourth-order valence-electron chi connectivity index (χ4n) is 3.45. The average molecular weight is 364 g/mol. The molecule has 0 atom stereocenters. The van der Waals surface area contributed by atoms with Crippen molar-refractivity contribution in [3.8, 4) is 0 Å². The molecule has 3 aromatic rings. The zero-order valence-electron chi connectivity index (χ0n) is 15.7. The third kappa shape index (κ3) is 3.87. The van der Waals surface area contributed by atoms with Crippen LogP contribution in [0.15, 0.2) is 48.7 Å². The molecule has 0 radical (unpaired) electrons. The van der Waals surface area contributed by atoms with Crippen molar-refractivity contribution in [2.24, 2.45) is 0 Å². The molecule has 0 saturated carbocycles. The highest BCUT2D eigenvalue weighted by atomic mass is 16.5. The normalized spacial score (nSPS) is 10.9. The average Bonchev–Trinajstić information content (AvgIpc) is 2.93. The second kappa shape index (κ2) is 8.08. The molecular weight excluding hydrogens is 340 g/mol. The lowest BCUT2D eigenvalue weighted by molar-refractivity contribution is -0.143. The van der Waals surface area contributed by atoms with Gasteiger partial charge < -0.3 is 14.9 Å². The maximum atomic E-state index is 13.2. The van der Waals surface area contributed by atoms with Crippen LogP contribution in [0.2, 0.25) is 0 Å². The molecule has 2 aromatic heterocycles. The number of pyridine rings is 1. The Labute approximate surface area is 158 Å². The Kier molecular flexibility index (Phi) is 5.60. The van der Waals surface area contributed by atoms with Crippen LogP contribution in [-0.2, 0) is 16.0 Å². The zero-order chi connectivity index (χ0) is 19.4. The Morgan fingerprint density at radius 2 is 1.96 bits per heavy atom. The van der Waals surface area contributed by atoms with E-state index in [4.69, 9.17) is 10.5 Å². The van der Waals surface area contributed by atoms with Gasteiger partial charge in [-0.15, -0.1) is 0 Å². The van der Waals surface area contributed by atoms with Crippen LogP contribution in [0.25, 0.3) is 5.52 Å². The number of nitrogens with zero attached hydrogens (tertiary/aromatic N) is 1. The van der Waals surface area contributed by atoms with E-state index >= 15 is 0 Å². The molecule has 0 spiro atoms. The predicted molar refractivity (Wildman–Crippen MR) is 106 cm³/mol. The molecule has 0 unspecified atom stereocenters. The summed E-state index contributed by atoms with van der Waals surface area (Å²) < 4.78 is 6.93. The van der Waals surface area contributed by atoms with Gasteiger partial charge in [-0.2, -0.15) is 0 Å². The summed E-state index contributed by atoms with van der Waals surface area (Å²) >= 11 is 0. The molecule has 0 bridgehead atoms. The number of aryl methyl sites for hydroxylation is 1. The largest absolute Gasteiger partial charge is 0.466 e. The summed E-state index contributed by atoms with van der Waals surface area (Å²) in [5.74, 6) is -0.243. The van der Waals surface area contributed by atoms with Gasteiger partial charge in [-0.25, -0.2) is 0 Å². The molecule has 0 aliphatic carbocycles. The molecule has 0 aliphatic rings. The number of hydrogen-bond acceptors (Lipinski definition) is 4. The topological polar surface area (TPSA) is 73.8 Å². The summed E-state index contributed by atoms with van der Waals surface area (Å²) in [4.78, 5) is 24.8. The Bertz CT molecular complexity index is 988. The minimum Gasteiger partial charge on any atom is -0.466 e. The molecule has 1 aromatic carbocycles. The van der Waals surface area contributed by atoms with Crippen molar-refractivity contribution < 1.29 is 14.3 Å². The van der Waals surface area contributed by atoms with E-state index in [2.05, 4.69) is 0 Å². The molecule has 2 N–H and O–H groups in total. The summed E-state index contributed by atoms with van der Waals surface area (Å²) in [7, 11) is 0. The van der Waals surface area contributed by atoms with Crippen molar-refractivity contribution in [1.82, 2.24) is 4.40 Å². The van der Waals surface area contributed by atoms with Gasteiger partial charge in [0.05, 0.1) is 12.3 Å². The Morgan fingerprint density at radius 1 is 1.15 bits per heavy atom. The zero-order valence-corrected chi connectivity index (χ0v) is 15.7. The first kappa shape index (κ1) is 18.7. The second-order valence-corrected chi connectivity index (χ2v) is 6.52. The smallest absolute Gasteiger partial charge is 0.305 e. The SMILES string of the molecule is CCOC(=O)CCCc1c(C)c(C(=O)c2cccc(N)c2)n2ccccc12. The molecule has 140 valence electrons. The second-order valence-electron chi connectivity index (χ2n) is 6.52. The van der Waals surface area contributed by atoms with E-state index in [0.717, 1.165) is 16.6 Å². The fourth-order valence-corrected chi connectivity index (χ4v) is 3.45. The van der Waals surface area contributed by atoms with E-state index < -0.39 is 0 Å². The molecule has 0 amide bonds. The van der Waals surface area contributed by atoms with E-state index in [1.165, 1.54) is 0 Å². The molecule has 3 rings (SSSR count).